The molecule has 2 N–H and O–H groups in total. The summed E-state index contributed by atoms with van der Waals surface area (Å²) in [4.78, 5) is 24.7. The molecule has 0 aliphatic carbocycles. The maximum atomic E-state index is 12.1. The summed E-state index contributed by atoms with van der Waals surface area (Å²) in [6.07, 6.45) is 0. The Hall–Kier alpha value is -2.32. The van der Waals surface area contributed by atoms with E-state index in [0.717, 1.165) is 5.56 Å². The van der Waals surface area contributed by atoms with Crippen LogP contribution in [0.5, 0.6) is 0 Å². The average Bonchev–Trinajstić information content (AvgIpc) is 3.01. The molecule has 0 radical (unpaired) electrons. The quantitative estimate of drug-likeness (QED) is 0.790. The third-order valence-corrected chi connectivity index (χ3v) is 4.54. The molecule has 1 unspecified atom stereocenters. The molecule has 0 aliphatic rings. The van der Waals surface area contributed by atoms with Crippen LogP contribution in [0.25, 0.3) is 0 Å². The van der Waals surface area contributed by atoms with Crippen LogP contribution in [0.3, 0.4) is 0 Å². The predicted molar refractivity (Wildman–Crippen MR) is 90.8 cm³/mol. The highest BCUT2D eigenvalue weighted by Crippen LogP contribution is 2.13. The number of aliphatic carboxylic acids is 1. The summed E-state index contributed by atoms with van der Waals surface area (Å²) in [5, 5.41) is 20.5. The Bertz CT molecular complexity index is 714. The highest BCUT2D eigenvalue weighted by Gasteiger charge is 2.19. The van der Waals surface area contributed by atoms with Crippen LogP contribution in [0.4, 0.5) is 0 Å². The van der Waals surface area contributed by atoms with Gasteiger partial charge < -0.3 is 10.4 Å². The molecule has 2 aromatic rings. The van der Waals surface area contributed by atoms with Crippen LogP contribution >= 0.6 is 11.3 Å². The number of likely N-dealkylation sites (N-methyl/N-ethyl adjacent to an activating group) is 1. The van der Waals surface area contributed by atoms with Gasteiger partial charge in [-0.15, -0.1) is 10.2 Å². The highest BCUT2D eigenvalue weighted by molar-refractivity contribution is 7.13. The minimum absolute atomic E-state index is 0.272. The normalized spacial score (nSPS) is 12.2. The van der Waals surface area contributed by atoms with E-state index in [1.165, 1.54) is 16.9 Å². The molecule has 1 heterocycles. The van der Waals surface area contributed by atoms with Crippen molar-refractivity contribution in [3.63, 3.8) is 0 Å². The Morgan fingerprint density at radius 1 is 1.29 bits per heavy atom. The number of nitrogens with one attached hydrogen (secondary N) is 1. The minimum Gasteiger partial charge on any atom is -0.480 e. The van der Waals surface area contributed by atoms with E-state index in [0.29, 0.717) is 18.1 Å². The monoisotopic (exact) mass is 348 g/mol. The number of carbonyl (C=O) groups excluding carboxylic acids is 1. The molecule has 128 valence electrons. The van der Waals surface area contributed by atoms with Crippen LogP contribution < -0.4 is 5.32 Å². The highest BCUT2D eigenvalue weighted by atomic mass is 32.1. The molecule has 1 aromatic carbocycles. The summed E-state index contributed by atoms with van der Waals surface area (Å²) in [5.41, 5.74) is 2.17. The Kier molecular flexibility index (Phi) is 5.99. The summed E-state index contributed by atoms with van der Waals surface area (Å²) in [6.45, 7) is 4.35. The van der Waals surface area contributed by atoms with Gasteiger partial charge in [0.05, 0.1) is 6.54 Å². The van der Waals surface area contributed by atoms with Gasteiger partial charge in [-0.3, -0.25) is 14.5 Å². The van der Waals surface area contributed by atoms with E-state index >= 15 is 0 Å². The number of hydrogen-bond acceptors (Lipinski definition) is 6. The van der Waals surface area contributed by atoms with Crippen molar-refractivity contribution in [3.05, 3.63) is 45.4 Å². The van der Waals surface area contributed by atoms with Crippen molar-refractivity contribution in [3.8, 4) is 0 Å². The second kappa shape index (κ2) is 7.98. The first-order chi connectivity index (χ1) is 11.4. The Labute approximate surface area is 144 Å². The van der Waals surface area contributed by atoms with Gasteiger partial charge in [-0.05, 0) is 26.5 Å². The Morgan fingerprint density at radius 3 is 2.58 bits per heavy atom. The fraction of sp³-hybridized carbons (Fsp3) is 0.375. The topological polar surface area (TPSA) is 95.4 Å². The first-order valence-electron chi connectivity index (χ1n) is 7.46. The van der Waals surface area contributed by atoms with Crippen molar-refractivity contribution in [2.24, 2.45) is 0 Å². The predicted octanol–water partition coefficient (Wildman–Crippen LogP) is 1.68. The molecule has 0 fully saturated rings. The van der Waals surface area contributed by atoms with Gasteiger partial charge in [0.2, 0.25) is 5.01 Å². The standard InChI is InChI=1S/C16H20N4O3S/c1-10-4-6-12(7-5-10)8-17-14(21)15-19-18-13(24-15)9-20(3)11(2)16(22)23/h4-7,11H,8-9H2,1-3H3,(H,17,21)(H,22,23). The smallest absolute Gasteiger partial charge is 0.320 e. The van der Waals surface area contributed by atoms with Gasteiger partial charge in [0, 0.05) is 6.54 Å². The molecule has 0 aliphatic heterocycles. The zero-order valence-electron chi connectivity index (χ0n) is 13.8. The van der Waals surface area contributed by atoms with Crippen LogP contribution in [0.2, 0.25) is 0 Å². The molecular formula is C16H20N4O3S. The Balaban J connectivity index is 1.91. The molecule has 0 saturated heterocycles. The van der Waals surface area contributed by atoms with E-state index in [1.807, 2.05) is 31.2 Å². The number of aryl methyl sites for hydroxylation is 1. The lowest BCUT2D eigenvalue weighted by Gasteiger charge is -2.18. The second-order valence-corrected chi connectivity index (χ2v) is 6.66. The van der Waals surface area contributed by atoms with Gasteiger partial charge in [0.15, 0.2) is 0 Å². The SMILES string of the molecule is Cc1ccc(CNC(=O)c2nnc(CN(C)C(C)C(=O)O)s2)cc1. The molecule has 2 rings (SSSR count). The second-order valence-electron chi connectivity index (χ2n) is 5.60. The van der Waals surface area contributed by atoms with E-state index in [4.69, 9.17) is 5.11 Å². The van der Waals surface area contributed by atoms with Crippen molar-refractivity contribution in [2.45, 2.75) is 33.0 Å². The van der Waals surface area contributed by atoms with E-state index in [2.05, 4.69) is 15.5 Å². The molecule has 1 aromatic heterocycles. The zero-order valence-corrected chi connectivity index (χ0v) is 14.6. The van der Waals surface area contributed by atoms with Crippen LogP contribution in [0.15, 0.2) is 24.3 Å². The van der Waals surface area contributed by atoms with E-state index in [1.54, 1.807) is 18.9 Å². The van der Waals surface area contributed by atoms with E-state index in [9.17, 15) is 9.59 Å². The zero-order chi connectivity index (χ0) is 17.7. The molecule has 0 bridgehead atoms. The number of rotatable bonds is 7. The fourth-order valence-corrected chi connectivity index (χ4v) is 2.73. The fourth-order valence-electron chi connectivity index (χ4n) is 1.91. The maximum Gasteiger partial charge on any atom is 0.320 e. The summed E-state index contributed by atoms with van der Waals surface area (Å²) >= 11 is 1.17. The van der Waals surface area contributed by atoms with Crippen molar-refractivity contribution in [1.29, 1.82) is 0 Å². The van der Waals surface area contributed by atoms with Crippen molar-refractivity contribution in [1.82, 2.24) is 20.4 Å². The van der Waals surface area contributed by atoms with Crippen molar-refractivity contribution < 1.29 is 14.7 Å². The number of nitrogens with zero attached hydrogens (tertiary/aromatic N) is 3. The van der Waals surface area contributed by atoms with Gasteiger partial charge in [-0.1, -0.05) is 41.2 Å². The number of carbonyl (C=O) groups is 2. The van der Waals surface area contributed by atoms with Crippen LogP contribution in [-0.2, 0) is 17.9 Å². The molecule has 1 atom stereocenters. The number of carboxylic acid groups (broad SMARTS) is 1. The molecule has 8 heteroatoms. The molecule has 0 spiro atoms. The molecular weight excluding hydrogens is 328 g/mol. The van der Waals surface area contributed by atoms with Crippen molar-refractivity contribution in [2.75, 3.05) is 7.05 Å². The minimum atomic E-state index is -0.905. The lowest BCUT2D eigenvalue weighted by atomic mass is 10.1. The van der Waals surface area contributed by atoms with Crippen LogP contribution in [-0.4, -0.2) is 45.2 Å². The van der Waals surface area contributed by atoms with Crippen LogP contribution in [0, 0.1) is 6.92 Å². The van der Waals surface area contributed by atoms with Crippen molar-refractivity contribution >= 4 is 23.2 Å². The first kappa shape index (κ1) is 18.0. The first-order valence-corrected chi connectivity index (χ1v) is 8.27. The number of hydrogen-bond donors (Lipinski definition) is 2. The molecule has 24 heavy (non-hydrogen) atoms. The maximum absolute atomic E-state index is 12.1. The van der Waals surface area contributed by atoms with E-state index in [-0.39, 0.29) is 10.9 Å². The summed E-state index contributed by atoms with van der Waals surface area (Å²) in [6, 6.07) is 7.27. The van der Waals surface area contributed by atoms with Gasteiger partial charge in [-0.25, -0.2) is 0 Å². The van der Waals surface area contributed by atoms with Gasteiger partial charge in [0.25, 0.3) is 5.91 Å². The van der Waals surface area contributed by atoms with Crippen LogP contribution in [0.1, 0.15) is 32.9 Å². The summed E-state index contributed by atoms with van der Waals surface area (Å²) in [7, 11) is 1.69. The van der Waals surface area contributed by atoms with Gasteiger partial charge >= 0.3 is 5.97 Å². The third kappa shape index (κ3) is 4.84. The van der Waals surface area contributed by atoms with Gasteiger partial charge in [-0.2, -0.15) is 0 Å². The lowest BCUT2D eigenvalue weighted by molar-refractivity contribution is -0.142. The average molecular weight is 348 g/mol. The number of aromatic nitrogens is 2. The van der Waals surface area contributed by atoms with E-state index < -0.39 is 12.0 Å². The lowest BCUT2D eigenvalue weighted by Crippen LogP contribution is -2.35. The third-order valence-electron chi connectivity index (χ3n) is 3.64. The number of carboxylic acids is 1. The van der Waals surface area contributed by atoms with Gasteiger partial charge in [0.1, 0.15) is 11.0 Å². The largest absolute Gasteiger partial charge is 0.480 e. The Morgan fingerprint density at radius 2 is 1.96 bits per heavy atom. The summed E-state index contributed by atoms with van der Waals surface area (Å²) in [5.74, 6) is -1.19. The molecule has 0 saturated carbocycles. The number of amides is 1. The summed E-state index contributed by atoms with van der Waals surface area (Å²) < 4.78 is 0. The molecule has 7 nitrogen and oxygen atoms in total. The molecule has 1 amide bonds. The number of benzene rings is 1.